The molecule has 6 nitrogen and oxygen atoms in total. The zero-order valence-corrected chi connectivity index (χ0v) is 15.4. The summed E-state index contributed by atoms with van der Waals surface area (Å²) < 4.78 is 14.9. The van der Waals surface area contributed by atoms with Crippen molar-refractivity contribution < 1.29 is 19.1 Å². The molecule has 0 fully saturated rings. The van der Waals surface area contributed by atoms with Gasteiger partial charge in [-0.3, -0.25) is 14.3 Å². The molecule has 2 aromatic rings. The van der Waals surface area contributed by atoms with Crippen LogP contribution in [0.2, 0.25) is 0 Å². The molecule has 0 bridgehead atoms. The molecule has 0 saturated heterocycles. The lowest BCUT2D eigenvalue weighted by Gasteiger charge is -2.29. The van der Waals surface area contributed by atoms with Gasteiger partial charge in [0.25, 0.3) is 0 Å². The number of hydrogen-bond acceptors (Lipinski definition) is 3. The first kappa shape index (κ1) is 19.6. The minimum Gasteiger partial charge on any atom is -0.481 e. The Kier molecular flexibility index (Phi) is 6.13. The maximum absolute atomic E-state index is 13.2. The monoisotopic (exact) mass is 361 g/mol. The van der Waals surface area contributed by atoms with Crippen molar-refractivity contribution in [3.63, 3.8) is 0 Å². The van der Waals surface area contributed by atoms with E-state index in [0.717, 1.165) is 0 Å². The summed E-state index contributed by atoms with van der Waals surface area (Å²) in [6.07, 6.45) is 3.39. The van der Waals surface area contributed by atoms with Gasteiger partial charge in [0.05, 0.1) is 6.20 Å². The van der Waals surface area contributed by atoms with E-state index in [1.807, 2.05) is 13.8 Å². The van der Waals surface area contributed by atoms with Crippen molar-refractivity contribution in [2.75, 3.05) is 4.90 Å². The number of rotatable bonds is 7. The number of carbonyl (C=O) groups is 2. The van der Waals surface area contributed by atoms with Gasteiger partial charge in [-0.15, -0.1) is 0 Å². The summed E-state index contributed by atoms with van der Waals surface area (Å²) in [5.74, 6) is -3.38. The smallest absolute Gasteiger partial charge is 0.316 e. The molecule has 1 amide bonds. The standard InChI is InChI=1S/C19H24FN3O3/c1-12(2)22-11-14(10-21-22)9-17(19(25)26)18(24)23(13(3)4)16-7-5-15(20)6-8-16/h5-8,10-13,17H,9H2,1-4H3,(H,25,26). The zero-order valence-electron chi connectivity index (χ0n) is 15.4. The molecule has 0 aliphatic carbocycles. The average Bonchev–Trinajstić information content (AvgIpc) is 3.03. The topological polar surface area (TPSA) is 75.4 Å². The van der Waals surface area contributed by atoms with Crippen LogP contribution >= 0.6 is 0 Å². The zero-order chi connectivity index (χ0) is 19.4. The molecule has 140 valence electrons. The Labute approximate surface area is 152 Å². The van der Waals surface area contributed by atoms with Crippen LogP contribution in [0.5, 0.6) is 0 Å². The number of amides is 1. The van der Waals surface area contributed by atoms with Crippen molar-refractivity contribution in [1.82, 2.24) is 9.78 Å². The fourth-order valence-corrected chi connectivity index (χ4v) is 2.73. The van der Waals surface area contributed by atoms with Crippen LogP contribution in [0.1, 0.15) is 39.3 Å². The second-order valence-corrected chi connectivity index (χ2v) is 6.80. The predicted molar refractivity (Wildman–Crippen MR) is 96.5 cm³/mol. The lowest BCUT2D eigenvalue weighted by Crippen LogP contribution is -2.44. The third-order valence-corrected chi connectivity index (χ3v) is 4.08. The number of carboxylic acids is 1. The maximum Gasteiger partial charge on any atom is 0.316 e. The van der Waals surface area contributed by atoms with Crippen molar-refractivity contribution in [1.29, 1.82) is 0 Å². The minimum atomic E-state index is -1.24. The lowest BCUT2D eigenvalue weighted by atomic mass is 9.99. The molecule has 0 radical (unpaired) electrons. The summed E-state index contributed by atoms with van der Waals surface area (Å²) >= 11 is 0. The van der Waals surface area contributed by atoms with Crippen LogP contribution in [0.25, 0.3) is 0 Å². The van der Waals surface area contributed by atoms with Gasteiger partial charge >= 0.3 is 5.97 Å². The second kappa shape index (κ2) is 8.12. The molecule has 1 aromatic heterocycles. The molecule has 1 atom stereocenters. The highest BCUT2D eigenvalue weighted by Gasteiger charge is 2.33. The van der Waals surface area contributed by atoms with Gasteiger partial charge in [0.1, 0.15) is 11.7 Å². The highest BCUT2D eigenvalue weighted by Crippen LogP contribution is 2.22. The Morgan fingerprint density at radius 3 is 2.27 bits per heavy atom. The number of aliphatic carboxylic acids is 1. The van der Waals surface area contributed by atoms with Gasteiger partial charge in [0, 0.05) is 24.0 Å². The van der Waals surface area contributed by atoms with Gasteiger partial charge in [0.2, 0.25) is 5.91 Å². The van der Waals surface area contributed by atoms with Gasteiger partial charge in [-0.1, -0.05) is 0 Å². The molecular formula is C19H24FN3O3. The maximum atomic E-state index is 13.2. The quantitative estimate of drug-likeness (QED) is 0.768. The molecule has 1 heterocycles. The van der Waals surface area contributed by atoms with Gasteiger partial charge in [-0.2, -0.15) is 5.10 Å². The van der Waals surface area contributed by atoms with E-state index in [9.17, 15) is 19.1 Å². The number of anilines is 1. The van der Waals surface area contributed by atoms with E-state index in [4.69, 9.17) is 0 Å². The Bertz CT molecular complexity index is 769. The highest BCUT2D eigenvalue weighted by molar-refractivity contribution is 6.06. The van der Waals surface area contributed by atoms with Crippen LogP contribution in [0.15, 0.2) is 36.7 Å². The molecule has 7 heteroatoms. The number of halogens is 1. The summed E-state index contributed by atoms with van der Waals surface area (Å²) in [5.41, 5.74) is 1.15. The van der Waals surface area contributed by atoms with Crippen LogP contribution in [-0.2, 0) is 16.0 Å². The molecule has 1 aromatic carbocycles. The van der Waals surface area contributed by atoms with Gasteiger partial charge in [-0.25, -0.2) is 4.39 Å². The Balaban J connectivity index is 2.29. The highest BCUT2D eigenvalue weighted by atomic mass is 19.1. The third kappa shape index (κ3) is 4.47. The molecule has 1 unspecified atom stereocenters. The average molecular weight is 361 g/mol. The summed E-state index contributed by atoms with van der Waals surface area (Å²) in [6, 6.07) is 5.33. The third-order valence-electron chi connectivity index (χ3n) is 4.08. The molecule has 0 spiro atoms. The first-order valence-electron chi connectivity index (χ1n) is 8.55. The van der Waals surface area contributed by atoms with Crippen LogP contribution in [0.4, 0.5) is 10.1 Å². The van der Waals surface area contributed by atoms with E-state index in [0.29, 0.717) is 11.3 Å². The van der Waals surface area contributed by atoms with E-state index < -0.39 is 23.6 Å². The van der Waals surface area contributed by atoms with E-state index in [2.05, 4.69) is 5.10 Å². The van der Waals surface area contributed by atoms with E-state index in [-0.39, 0.29) is 18.5 Å². The van der Waals surface area contributed by atoms with Crippen LogP contribution < -0.4 is 4.90 Å². The lowest BCUT2D eigenvalue weighted by molar-refractivity contribution is -0.146. The molecule has 1 N–H and O–H groups in total. The van der Waals surface area contributed by atoms with E-state index in [1.54, 1.807) is 30.9 Å². The minimum absolute atomic E-state index is 0.0469. The summed E-state index contributed by atoms with van der Waals surface area (Å²) in [4.78, 5) is 26.1. The molecule has 26 heavy (non-hydrogen) atoms. The number of hydrogen-bond donors (Lipinski definition) is 1. The number of carbonyl (C=O) groups excluding carboxylic acids is 1. The van der Waals surface area contributed by atoms with E-state index >= 15 is 0 Å². The van der Waals surface area contributed by atoms with Crippen molar-refractivity contribution in [3.05, 3.63) is 48.0 Å². The van der Waals surface area contributed by atoms with Gasteiger partial charge < -0.3 is 10.0 Å². The SMILES string of the molecule is CC(C)N(C(=O)C(Cc1cnn(C(C)C)c1)C(=O)O)c1ccc(F)cc1. The molecule has 0 aliphatic rings. The number of nitrogens with zero attached hydrogens (tertiary/aromatic N) is 3. The molecular weight excluding hydrogens is 337 g/mol. The van der Waals surface area contributed by atoms with Crippen molar-refractivity contribution >= 4 is 17.6 Å². The number of aromatic nitrogens is 2. The fraction of sp³-hybridized carbons (Fsp3) is 0.421. The van der Waals surface area contributed by atoms with Gasteiger partial charge in [0.15, 0.2) is 0 Å². The summed E-state index contributed by atoms with van der Waals surface area (Å²) in [6.45, 7) is 7.51. The second-order valence-electron chi connectivity index (χ2n) is 6.80. The van der Waals surface area contributed by atoms with Gasteiger partial charge in [-0.05, 0) is 63.9 Å². The van der Waals surface area contributed by atoms with Crippen LogP contribution in [-0.4, -0.2) is 32.8 Å². The predicted octanol–water partition coefficient (Wildman–Crippen LogP) is 3.29. The normalized spacial score (nSPS) is 12.4. The molecule has 2 rings (SSSR count). The fourth-order valence-electron chi connectivity index (χ4n) is 2.73. The van der Waals surface area contributed by atoms with Crippen LogP contribution in [0.3, 0.4) is 0 Å². The summed E-state index contributed by atoms with van der Waals surface area (Å²) in [7, 11) is 0. The Hall–Kier alpha value is -2.70. The number of benzene rings is 1. The Morgan fingerprint density at radius 2 is 1.81 bits per heavy atom. The first-order valence-corrected chi connectivity index (χ1v) is 8.55. The Morgan fingerprint density at radius 1 is 1.19 bits per heavy atom. The van der Waals surface area contributed by atoms with Crippen molar-refractivity contribution in [3.8, 4) is 0 Å². The number of carboxylic acid groups (broad SMARTS) is 1. The largest absolute Gasteiger partial charge is 0.481 e. The summed E-state index contributed by atoms with van der Waals surface area (Å²) in [5, 5.41) is 13.8. The first-order chi connectivity index (χ1) is 12.2. The molecule has 0 aliphatic heterocycles. The van der Waals surface area contributed by atoms with Crippen molar-refractivity contribution in [2.24, 2.45) is 5.92 Å². The van der Waals surface area contributed by atoms with Crippen LogP contribution in [0, 0.1) is 11.7 Å². The van der Waals surface area contributed by atoms with E-state index in [1.165, 1.54) is 29.2 Å². The molecule has 0 saturated carbocycles. The van der Waals surface area contributed by atoms with Crippen molar-refractivity contribution in [2.45, 2.75) is 46.2 Å².